The first-order valence-electron chi connectivity index (χ1n) is 11.7. The molecule has 3 rings (SSSR count). The third kappa shape index (κ3) is 6.30. The Morgan fingerprint density at radius 2 is 1.56 bits per heavy atom. The van der Waals surface area contributed by atoms with Crippen molar-refractivity contribution < 1.29 is 9.52 Å². The van der Waals surface area contributed by atoms with Gasteiger partial charge in [0.1, 0.15) is 11.3 Å². The van der Waals surface area contributed by atoms with Crippen molar-refractivity contribution in [2.75, 3.05) is 0 Å². The summed E-state index contributed by atoms with van der Waals surface area (Å²) in [5.74, 6) is -0.381. The average Bonchev–Trinajstić information content (AvgIpc) is 2.77. The summed E-state index contributed by atoms with van der Waals surface area (Å²) in [5, 5.41) is 12.6. The van der Waals surface area contributed by atoms with Crippen molar-refractivity contribution in [3.8, 4) is 5.75 Å². The molecule has 172 valence electrons. The first-order valence-corrected chi connectivity index (χ1v) is 12.5. The Bertz CT molecular complexity index is 1070. The fourth-order valence-corrected chi connectivity index (χ4v) is 4.89. The number of unbranched alkanes of at least 4 members (excludes halogenated alkanes) is 8. The second kappa shape index (κ2) is 12.3. The molecule has 2 aromatic carbocycles. The molecule has 3 aromatic rings. The van der Waals surface area contributed by atoms with Crippen molar-refractivity contribution >= 4 is 34.2 Å². The number of fused-ring (bicyclic) bond motifs is 1. The molecular weight excluding hydrogens is 443 g/mol. The van der Waals surface area contributed by atoms with E-state index in [1.165, 1.54) is 44.9 Å². The van der Waals surface area contributed by atoms with Crippen molar-refractivity contribution in [1.82, 2.24) is 0 Å². The highest BCUT2D eigenvalue weighted by molar-refractivity contribution is 6.35. The molecule has 1 atom stereocenters. The number of hydrogen-bond donors (Lipinski definition) is 1. The van der Waals surface area contributed by atoms with Crippen molar-refractivity contribution in [2.24, 2.45) is 0 Å². The monoisotopic (exact) mass is 474 g/mol. The van der Waals surface area contributed by atoms with E-state index in [1.54, 1.807) is 30.3 Å². The molecule has 0 radical (unpaired) electrons. The van der Waals surface area contributed by atoms with Crippen LogP contribution in [0.4, 0.5) is 0 Å². The lowest BCUT2D eigenvalue weighted by molar-refractivity contribution is 0.445. The van der Waals surface area contributed by atoms with Crippen LogP contribution >= 0.6 is 23.2 Å². The van der Waals surface area contributed by atoms with E-state index in [4.69, 9.17) is 27.6 Å². The van der Waals surface area contributed by atoms with Crippen LogP contribution in [0.25, 0.3) is 11.0 Å². The van der Waals surface area contributed by atoms with Crippen LogP contribution in [0.15, 0.2) is 51.7 Å². The molecular formula is C27H32Cl2O3. The summed E-state index contributed by atoms with van der Waals surface area (Å²) in [6.45, 7) is 2.23. The molecule has 0 fully saturated rings. The van der Waals surface area contributed by atoms with E-state index in [0.29, 0.717) is 27.4 Å². The van der Waals surface area contributed by atoms with Crippen molar-refractivity contribution in [3.05, 3.63) is 74.1 Å². The van der Waals surface area contributed by atoms with Gasteiger partial charge in [0.15, 0.2) is 0 Å². The Labute approximate surface area is 200 Å². The van der Waals surface area contributed by atoms with E-state index in [1.807, 2.05) is 12.1 Å². The zero-order chi connectivity index (χ0) is 22.9. The normalized spacial score (nSPS) is 12.3. The minimum atomic E-state index is -0.520. The van der Waals surface area contributed by atoms with E-state index in [-0.39, 0.29) is 17.2 Å². The molecule has 32 heavy (non-hydrogen) atoms. The molecule has 0 spiro atoms. The molecule has 1 unspecified atom stereocenters. The van der Waals surface area contributed by atoms with Gasteiger partial charge >= 0.3 is 5.63 Å². The molecule has 0 bridgehead atoms. The maximum atomic E-state index is 12.9. The second-order valence-electron chi connectivity index (χ2n) is 8.48. The minimum absolute atomic E-state index is 0.0243. The number of benzene rings is 2. The van der Waals surface area contributed by atoms with Gasteiger partial charge in [-0.25, -0.2) is 4.79 Å². The Kier molecular flexibility index (Phi) is 9.50. The summed E-state index contributed by atoms with van der Waals surface area (Å²) in [5.41, 5.74) is 0.914. The minimum Gasteiger partial charge on any atom is -0.507 e. The largest absolute Gasteiger partial charge is 0.507 e. The van der Waals surface area contributed by atoms with Crippen LogP contribution in [0.5, 0.6) is 5.75 Å². The molecule has 1 heterocycles. The summed E-state index contributed by atoms with van der Waals surface area (Å²) >= 11 is 12.6. The molecule has 1 N–H and O–H groups in total. The van der Waals surface area contributed by atoms with Gasteiger partial charge in [-0.05, 0) is 36.2 Å². The predicted octanol–water partition coefficient (Wildman–Crippen LogP) is 8.86. The smallest absolute Gasteiger partial charge is 0.343 e. The van der Waals surface area contributed by atoms with Gasteiger partial charge in [0.05, 0.1) is 10.9 Å². The van der Waals surface area contributed by atoms with E-state index in [2.05, 4.69) is 6.92 Å². The maximum Gasteiger partial charge on any atom is 0.343 e. The van der Waals surface area contributed by atoms with Gasteiger partial charge in [0.2, 0.25) is 0 Å². The molecule has 0 amide bonds. The summed E-state index contributed by atoms with van der Waals surface area (Å²) in [4.78, 5) is 12.9. The summed E-state index contributed by atoms with van der Waals surface area (Å²) < 4.78 is 5.55. The summed E-state index contributed by atoms with van der Waals surface area (Å²) in [6.07, 6.45) is 11.6. The second-order valence-corrected chi connectivity index (χ2v) is 9.33. The van der Waals surface area contributed by atoms with E-state index >= 15 is 0 Å². The maximum absolute atomic E-state index is 12.9. The molecule has 3 nitrogen and oxygen atoms in total. The van der Waals surface area contributed by atoms with Crippen molar-refractivity contribution in [1.29, 1.82) is 0 Å². The van der Waals surface area contributed by atoms with E-state index < -0.39 is 5.63 Å². The van der Waals surface area contributed by atoms with Gasteiger partial charge in [-0.2, -0.15) is 0 Å². The Morgan fingerprint density at radius 1 is 0.906 bits per heavy atom. The van der Waals surface area contributed by atoms with Crippen molar-refractivity contribution in [3.63, 3.8) is 0 Å². The molecule has 0 aliphatic heterocycles. The molecule has 0 saturated carbocycles. The average molecular weight is 475 g/mol. The van der Waals surface area contributed by atoms with Gasteiger partial charge in [-0.1, -0.05) is 106 Å². The summed E-state index contributed by atoms with van der Waals surface area (Å²) in [7, 11) is 0. The third-order valence-electron chi connectivity index (χ3n) is 6.10. The van der Waals surface area contributed by atoms with Crippen molar-refractivity contribution in [2.45, 2.75) is 77.0 Å². The topological polar surface area (TPSA) is 50.4 Å². The van der Waals surface area contributed by atoms with Crippen LogP contribution in [-0.2, 0) is 0 Å². The van der Waals surface area contributed by atoms with Crippen LogP contribution < -0.4 is 5.63 Å². The highest BCUT2D eigenvalue weighted by Crippen LogP contribution is 2.40. The zero-order valence-electron chi connectivity index (χ0n) is 18.7. The van der Waals surface area contributed by atoms with Crippen LogP contribution in [0, 0.1) is 0 Å². The number of rotatable bonds is 12. The van der Waals surface area contributed by atoms with Gasteiger partial charge in [-0.15, -0.1) is 0 Å². The van der Waals surface area contributed by atoms with Crippen LogP contribution in [-0.4, -0.2) is 5.11 Å². The fourth-order valence-electron chi connectivity index (χ4n) is 4.35. The predicted molar refractivity (Wildman–Crippen MR) is 134 cm³/mol. The standard InChI is InChI=1S/C27H32Cl2O3/c1-2-3-4-5-6-7-8-9-10-13-21(20-17-16-19(28)18-23(20)29)25-26(30)22-14-11-12-15-24(22)32-27(25)31/h11-12,14-18,21,30H,2-10,13H2,1H3. The molecule has 1 aromatic heterocycles. The Morgan fingerprint density at radius 3 is 2.25 bits per heavy atom. The number of aromatic hydroxyl groups is 1. The molecule has 0 aliphatic carbocycles. The Balaban J connectivity index is 1.79. The van der Waals surface area contributed by atoms with Crippen LogP contribution in [0.1, 0.15) is 88.2 Å². The lowest BCUT2D eigenvalue weighted by Crippen LogP contribution is -2.15. The fraction of sp³-hybridized carbons (Fsp3) is 0.444. The number of halogens is 2. The van der Waals surface area contributed by atoms with Gasteiger partial charge in [-0.3, -0.25) is 0 Å². The third-order valence-corrected chi connectivity index (χ3v) is 6.67. The molecule has 0 saturated heterocycles. The van der Waals surface area contributed by atoms with Gasteiger partial charge in [0, 0.05) is 16.0 Å². The zero-order valence-corrected chi connectivity index (χ0v) is 20.2. The van der Waals surface area contributed by atoms with E-state index in [0.717, 1.165) is 18.4 Å². The SMILES string of the molecule is CCCCCCCCCCCC(c1ccc(Cl)cc1Cl)c1c(O)c2ccccc2oc1=O. The molecule has 0 aliphatic rings. The number of para-hydroxylation sites is 1. The van der Waals surface area contributed by atoms with Crippen LogP contribution in [0.2, 0.25) is 10.0 Å². The molecule has 5 heteroatoms. The van der Waals surface area contributed by atoms with E-state index in [9.17, 15) is 9.90 Å². The quantitative estimate of drug-likeness (QED) is 0.210. The lowest BCUT2D eigenvalue weighted by atomic mass is 9.86. The highest BCUT2D eigenvalue weighted by atomic mass is 35.5. The first kappa shape index (κ1) is 24.7. The number of hydrogen-bond acceptors (Lipinski definition) is 3. The lowest BCUT2D eigenvalue weighted by Gasteiger charge is -2.20. The van der Waals surface area contributed by atoms with Gasteiger partial charge in [0.25, 0.3) is 0 Å². The van der Waals surface area contributed by atoms with Gasteiger partial charge < -0.3 is 9.52 Å². The first-order chi connectivity index (χ1) is 15.5. The Hall–Kier alpha value is -1.97. The van der Waals surface area contributed by atoms with Crippen LogP contribution in [0.3, 0.4) is 0 Å². The highest BCUT2D eigenvalue weighted by Gasteiger charge is 2.26. The summed E-state index contributed by atoms with van der Waals surface area (Å²) in [6, 6.07) is 12.3.